The molecule has 0 bridgehead atoms. The molecule has 0 fully saturated rings. The van der Waals surface area contributed by atoms with Crippen LogP contribution in [0.15, 0.2) is 83.9 Å². The van der Waals surface area contributed by atoms with Crippen LogP contribution in [-0.2, 0) is 0 Å². The SMILES string of the molecule is Cc1nnc2n1-c1ccccc1C(c1ccccc1)=NC2NC(=O)Oc1cccc(I)c1. The lowest BCUT2D eigenvalue weighted by molar-refractivity contribution is 0.196. The Labute approximate surface area is 198 Å². The maximum absolute atomic E-state index is 12.8. The van der Waals surface area contributed by atoms with E-state index in [1.54, 1.807) is 12.1 Å². The maximum Gasteiger partial charge on any atom is 0.414 e. The molecule has 3 aromatic carbocycles. The van der Waals surface area contributed by atoms with Gasteiger partial charge in [0.2, 0.25) is 0 Å². The smallest absolute Gasteiger partial charge is 0.410 e. The fourth-order valence-electron chi connectivity index (χ4n) is 3.68. The number of nitrogens with zero attached hydrogens (tertiary/aromatic N) is 4. The van der Waals surface area contributed by atoms with Gasteiger partial charge in [-0.1, -0.05) is 54.6 Å². The summed E-state index contributed by atoms with van der Waals surface area (Å²) in [5, 5.41) is 11.4. The Hall–Kier alpha value is -3.53. The summed E-state index contributed by atoms with van der Waals surface area (Å²) in [5.74, 6) is 1.67. The van der Waals surface area contributed by atoms with Gasteiger partial charge in [0.25, 0.3) is 0 Å². The van der Waals surface area contributed by atoms with Gasteiger partial charge in [-0.25, -0.2) is 4.79 Å². The molecule has 1 N–H and O–H groups in total. The molecule has 0 saturated heterocycles. The quantitative estimate of drug-likeness (QED) is 0.382. The molecule has 1 aromatic heterocycles. The molecular formula is C24H18IN5O2. The van der Waals surface area contributed by atoms with Gasteiger partial charge in [-0.15, -0.1) is 10.2 Å². The van der Waals surface area contributed by atoms with Crippen molar-refractivity contribution in [2.24, 2.45) is 4.99 Å². The number of carbonyl (C=O) groups is 1. The summed E-state index contributed by atoms with van der Waals surface area (Å²) in [5.41, 5.74) is 3.53. The fraction of sp³-hybridized carbons (Fsp3) is 0.0833. The van der Waals surface area contributed by atoms with Gasteiger partial charge in [-0.3, -0.25) is 14.9 Å². The second-order valence-electron chi connectivity index (χ2n) is 7.20. The molecule has 2 heterocycles. The molecule has 1 unspecified atom stereocenters. The Balaban J connectivity index is 1.59. The number of para-hydroxylation sites is 1. The number of carbonyl (C=O) groups excluding carboxylic acids is 1. The minimum atomic E-state index is -0.783. The van der Waals surface area contributed by atoms with E-state index in [4.69, 9.17) is 9.73 Å². The summed E-state index contributed by atoms with van der Waals surface area (Å²) >= 11 is 2.17. The summed E-state index contributed by atoms with van der Waals surface area (Å²) in [4.78, 5) is 17.7. The molecular weight excluding hydrogens is 517 g/mol. The Bertz CT molecular complexity index is 1330. The average molecular weight is 535 g/mol. The van der Waals surface area contributed by atoms with Crippen molar-refractivity contribution in [1.29, 1.82) is 0 Å². The zero-order valence-corrected chi connectivity index (χ0v) is 19.2. The summed E-state index contributed by atoms with van der Waals surface area (Å²) < 4.78 is 8.39. The first-order valence-corrected chi connectivity index (χ1v) is 11.1. The molecule has 5 rings (SSSR count). The first-order valence-electron chi connectivity index (χ1n) is 9.99. The molecule has 0 saturated carbocycles. The van der Waals surface area contributed by atoms with Crippen LogP contribution in [0, 0.1) is 10.5 Å². The number of hydrogen-bond acceptors (Lipinski definition) is 5. The van der Waals surface area contributed by atoms with Crippen LogP contribution < -0.4 is 10.1 Å². The van der Waals surface area contributed by atoms with Crippen molar-refractivity contribution >= 4 is 34.4 Å². The van der Waals surface area contributed by atoms with Crippen molar-refractivity contribution in [2.75, 3.05) is 0 Å². The molecule has 1 aliphatic heterocycles. The number of rotatable bonds is 3. The minimum Gasteiger partial charge on any atom is -0.410 e. The van der Waals surface area contributed by atoms with Crippen LogP contribution in [0.5, 0.6) is 5.75 Å². The van der Waals surface area contributed by atoms with Crippen molar-refractivity contribution in [2.45, 2.75) is 13.1 Å². The van der Waals surface area contributed by atoms with E-state index < -0.39 is 12.3 Å². The van der Waals surface area contributed by atoms with Crippen LogP contribution in [0.1, 0.15) is 28.9 Å². The van der Waals surface area contributed by atoms with Crippen LogP contribution in [0.3, 0.4) is 0 Å². The van der Waals surface area contributed by atoms with Crippen LogP contribution in [0.25, 0.3) is 5.69 Å². The normalized spacial score (nSPS) is 14.6. The lowest BCUT2D eigenvalue weighted by atomic mass is 10.0. The lowest BCUT2D eigenvalue weighted by Gasteiger charge is -2.14. The largest absolute Gasteiger partial charge is 0.414 e. The number of nitrogens with one attached hydrogen (secondary N) is 1. The van der Waals surface area contributed by atoms with Gasteiger partial charge >= 0.3 is 6.09 Å². The van der Waals surface area contributed by atoms with Crippen molar-refractivity contribution in [3.8, 4) is 11.4 Å². The number of aromatic nitrogens is 3. The van der Waals surface area contributed by atoms with E-state index in [0.29, 0.717) is 17.4 Å². The monoisotopic (exact) mass is 535 g/mol. The van der Waals surface area contributed by atoms with E-state index in [-0.39, 0.29) is 0 Å². The van der Waals surface area contributed by atoms with E-state index in [1.165, 1.54) is 0 Å². The van der Waals surface area contributed by atoms with Crippen LogP contribution in [0.4, 0.5) is 4.79 Å². The molecule has 1 aliphatic rings. The number of amides is 1. The molecule has 32 heavy (non-hydrogen) atoms. The maximum atomic E-state index is 12.8. The van der Waals surface area contributed by atoms with E-state index in [9.17, 15) is 4.79 Å². The Kier molecular flexibility index (Phi) is 5.44. The predicted octanol–water partition coefficient (Wildman–Crippen LogP) is 4.82. The van der Waals surface area contributed by atoms with E-state index >= 15 is 0 Å². The number of benzene rings is 3. The zero-order valence-electron chi connectivity index (χ0n) is 17.1. The molecule has 1 atom stereocenters. The highest BCUT2D eigenvalue weighted by Crippen LogP contribution is 2.29. The third-order valence-corrected chi connectivity index (χ3v) is 5.73. The van der Waals surface area contributed by atoms with Gasteiger partial charge in [0.05, 0.1) is 11.4 Å². The number of ether oxygens (including phenoxy) is 1. The highest BCUT2D eigenvalue weighted by atomic mass is 127. The topological polar surface area (TPSA) is 81.4 Å². The first kappa shape index (κ1) is 20.4. The van der Waals surface area contributed by atoms with Crippen LogP contribution in [-0.4, -0.2) is 26.6 Å². The second kappa shape index (κ2) is 8.54. The molecule has 0 spiro atoms. The van der Waals surface area contributed by atoms with Gasteiger partial charge in [-0.05, 0) is 53.8 Å². The molecule has 7 nitrogen and oxygen atoms in total. The van der Waals surface area contributed by atoms with E-state index in [0.717, 1.165) is 26.1 Å². The summed E-state index contributed by atoms with van der Waals surface area (Å²) in [6, 6.07) is 25.1. The van der Waals surface area contributed by atoms with Gasteiger partial charge < -0.3 is 4.74 Å². The third kappa shape index (κ3) is 3.89. The summed E-state index contributed by atoms with van der Waals surface area (Å²) in [7, 11) is 0. The van der Waals surface area contributed by atoms with E-state index in [1.807, 2.05) is 78.2 Å². The summed E-state index contributed by atoms with van der Waals surface area (Å²) in [6.45, 7) is 1.88. The molecule has 0 aliphatic carbocycles. The van der Waals surface area contributed by atoms with Crippen molar-refractivity contribution in [1.82, 2.24) is 20.1 Å². The lowest BCUT2D eigenvalue weighted by Crippen LogP contribution is -2.32. The molecule has 0 radical (unpaired) electrons. The number of hydrogen-bond donors (Lipinski definition) is 1. The summed E-state index contributed by atoms with van der Waals surface area (Å²) in [6.07, 6.45) is -1.40. The number of aryl methyl sites for hydroxylation is 1. The predicted molar refractivity (Wildman–Crippen MR) is 129 cm³/mol. The molecule has 158 valence electrons. The van der Waals surface area contributed by atoms with Crippen LogP contribution in [0.2, 0.25) is 0 Å². The Morgan fingerprint density at radius 3 is 2.59 bits per heavy atom. The third-order valence-electron chi connectivity index (χ3n) is 5.06. The molecule has 4 aromatic rings. The second-order valence-corrected chi connectivity index (χ2v) is 8.44. The highest BCUT2D eigenvalue weighted by molar-refractivity contribution is 14.1. The number of aliphatic imine (C=N–C) groups is 1. The average Bonchev–Trinajstić information content (AvgIpc) is 3.12. The van der Waals surface area contributed by atoms with E-state index in [2.05, 4.69) is 38.1 Å². The molecule has 1 amide bonds. The Morgan fingerprint density at radius 1 is 1.00 bits per heavy atom. The number of fused-ring (bicyclic) bond motifs is 3. The van der Waals surface area contributed by atoms with Crippen molar-refractivity contribution in [3.63, 3.8) is 0 Å². The fourth-order valence-corrected chi connectivity index (χ4v) is 4.19. The van der Waals surface area contributed by atoms with Gasteiger partial charge in [0.15, 0.2) is 12.0 Å². The van der Waals surface area contributed by atoms with Crippen LogP contribution >= 0.6 is 22.6 Å². The standard InChI is InChI=1S/C24H18IN5O2/c1-15-28-29-23-22(27-24(31)32-18-11-7-10-17(25)14-18)26-21(16-8-3-2-4-9-16)19-12-5-6-13-20(19)30(15)23/h2-14,22H,1H3,(H,27,31). The van der Waals surface area contributed by atoms with Gasteiger partial charge in [-0.2, -0.15) is 0 Å². The molecule has 8 heteroatoms. The number of halogens is 1. The zero-order chi connectivity index (χ0) is 22.1. The Morgan fingerprint density at radius 2 is 1.78 bits per heavy atom. The van der Waals surface area contributed by atoms with Gasteiger partial charge in [0, 0.05) is 14.7 Å². The van der Waals surface area contributed by atoms with Crippen molar-refractivity contribution < 1.29 is 9.53 Å². The first-order chi connectivity index (χ1) is 15.6. The van der Waals surface area contributed by atoms with Crippen molar-refractivity contribution in [3.05, 3.63) is 105 Å². The highest BCUT2D eigenvalue weighted by Gasteiger charge is 2.29. The minimum absolute atomic E-state index is 0.455. The van der Waals surface area contributed by atoms with Gasteiger partial charge in [0.1, 0.15) is 11.6 Å².